The highest BCUT2D eigenvalue weighted by Crippen LogP contribution is 2.16. The number of thioether (sulfide) groups is 1. The van der Waals surface area contributed by atoms with Crippen molar-refractivity contribution in [3.63, 3.8) is 0 Å². The molecule has 13 heavy (non-hydrogen) atoms. The molecule has 0 aliphatic carbocycles. The summed E-state index contributed by atoms with van der Waals surface area (Å²) in [5.41, 5.74) is 1.07. The summed E-state index contributed by atoms with van der Waals surface area (Å²) in [5, 5.41) is 0. The van der Waals surface area contributed by atoms with Crippen molar-refractivity contribution in [2.24, 2.45) is 0 Å². The van der Waals surface area contributed by atoms with E-state index in [4.69, 9.17) is 0 Å². The number of carbonyl (C=O) groups excluding carboxylic acids is 1. The van der Waals surface area contributed by atoms with Crippen molar-refractivity contribution in [1.29, 1.82) is 0 Å². The molecule has 0 aliphatic rings. The van der Waals surface area contributed by atoms with Crippen molar-refractivity contribution >= 4 is 24.1 Å². The van der Waals surface area contributed by atoms with Crippen LogP contribution in [0.4, 0.5) is 0 Å². The van der Waals surface area contributed by atoms with Crippen LogP contribution >= 0.6 is 11.8 Å². The Morgan fingerprint density at radius 3 is 2.62 bits per heavy atom. The van der Waals surface area contributed by atoms with Crippen LogP contribution in [-0.4, -0.2) is 12.0 Å². The Morgan fingerprint density at radius 2 is 2.08 bits per heavy atom. The molecule has 0 unspecified atom stereocenters. The fourth-order valence-electron chi connectivity index (χ4n) is 0.990. The number of aldehydes is 1. The van der Waals surface area contributed by atoms with E-state index < -0.39 is 0 Å². The lowest BCUT2D eigenvalue weighted by Crippen LogP contribution is -1.80. The van der Waals surface area contributed by atoms with Crippen molar-refractivity contribution in [3.05, 3.63) is 40.8 Å². The summed E-state index contributed by atoms with van der Waals surface area (Å²) in [6.45, 7) is 2.03. The van der Waals surface area contributed by atoms with E-state index >= 15 is 0 Å². The molecule has 1 nitrogen and oxygen atoms in total. The highest BCUT2D eigenvalue weighted by atomic mass is 32.2. The van der Waals surface area contributed by atoms with Crippen LogP contribution in [0.3, 0.4) is 0 Å². The minimum absolute atomic E-state index is 0.786. The smallest absolute Gasteiger partial charge is 0.156 e. The van der Waals surface area contributed by atoms with Gasteiger partial charge in [0.15, 0.2) is 6.29 Å². The fourth-order valence-corrected chi connectivity index (χ4v) is 1.61. The van der Waals surface area contributed by atoms with Gasteiger partial charge in [0.25, 0.3) is 0 Å². The Kier molecular flexibility index (Phi) is 4.33. The summed E-state index contributed by atoms with van der Waals surface area (Å²) < 4.78 is 0. The number of hydrogen-bond donors (Lipinski definition) is 0. The average Bonchev–Trinajstić information content (AvgIpc) is 2.19. The zero-order valence-electron chi connectivity index (χ0n) is 7.57. The molecule has 0 aliphatic heterocycles. The molecule has 0 fully saturated rings. The van der Waals surface area contributed by atoms with E-state index in [1.165, 1.54) is 0 Å². The molecule has 2 heteroatoms. The molecule has 0 amide bonds. The SMILES string of the molecule is CCS/C(C=O)=C\c1ccccc1. The Labute approximate surface area is 82.9 Å². The third-order valence-electron chi connectivity index (χ3n) is 1.54. The van der Waals surface area contributed by atoms with Crippen LogP contribution in [-0.2, 0) is 4.79 Å². The van der Waals surface area contributed by atoms with E-state index in [1.54, 1.807) is 11.8 Å². The van der Waals surface area contributed by atoms with Gasteiger partial charge in [-0.25, -0.2) is 0 Å². The van der Waals surface area contributed by atoms with Gasteiger partial charge in [-0.05, 0) is 17.4 Å². The monoisotopic (exact) mass is 192 g/mol. The highest BCUT2D eigenvalue weighted by molar-refractivity contribution is 8.04. The number of rotatable bonds is 4. The van der Waals surface area contributed by atoms with Gasteiger partial charge >= 0.3 is 0 Å². The van der Waals surface area contributed by atoms with E-state index in [9.17, 15) is 4.79 Å². The zero-order valence-corrected chi connectivity index (χ0v) is 8.38. The summed E-state index contributed by atoms with van der Waals surface area (Å²) in [6.07, 6.45) is 2.81. The molecular formula is C11H12OS. The van der Waals surface area contributed by atoms with Gasteiger partial charge in [0.2, 0.25) is 0 Å². The Morgan fingerprint density at radius 1 is 1.38 bits per heavy atom. The maximum absolute atomic E-state index is 10.6. The summed E-state index contributed by atoms with van der Waals surface area (Å²) in [4.78, 5) is 11.4. The Bertz CT molecular complexity index is 290. The normalized spacial score (nSPS) is 11.3. The second kappa shape index (κ2) is 5.60. The van der Waals surface area contributed by atoms with Crippen LogP contribution in [0, 0.1) is 0 Å². The zero-order chi connectivity index (χ0) is 9.52. The lowest BCUT2D eigenvalue weighted by atomic mass is 10.2. The van der Waals surface area contributed by atoms with Gasteiger partial charge in [-0.15, -0.1) is 11.8 Å². The summed E-state index contributed by atoms with van der Waals surface area (Å²) >= 11 is 1.56. The van der Waals surface area contributed by atoms with E-state index in [2.05, 4.69) is 0 Å². The minimum atomic E-state index is 0.786. The fraction of sp³-hybridized carbons (Fsp3) is 0.182. The second-order valence-electron chi connectivity index (χ2n) is 2.51. The van der Waals surface area contributed by atoms with Gasteiger partial charge < -0.3 is 0 Å². The van der Waals surface area contributed by atoms with E-state index in [1.807, 2.05) is 43.3 Å². The first kappa shape index (κ1) is 10.1. The van der Waals surface area contributed by atoms with E-state index in [0.29, 0.717) is 0 Å². The van der Waals surface area contributed by atoms with Crippen LogP contribution in [0.2, 0.25) is 0 Å². The molecule has 1 rings (SSSR count). The third-order valence-corrected chi connectivity index (χ3v) is 2.37. The molecule has 0 radical (unpaired) electrons. The van der Waals surface area contributed by atoms with Gasteiger partial charge in [0, 0.05) is 4.91 Å². The Balaban J connectivity index is 2.79. The molecule has 1 aromatic rings. The predicted molar refractivity (Wildman–Crippen MR) is 58.6 cm³/mol. The second-order valence-corrected chi connectivity index (χ2v) is 3.85. The first-order valence-electron chi connectivity index (χ1n) is 4.21. The summed E-state index contributed by atoms with van der Waals surface area (Å²) in [6, 6.07) is 9.86. The van der Waals surface area contributed by atoms with Crippen LogP contribution in [0.5, 0.6) is 0 Å². The average molecular weight is 192 g/mol. The minimum Gasteiger partial charge on any atom is -0.297 e. The molecule has 0 aromatic heterocycles. The largest absolute Gasteiger partial charge is 0.297 e. The highest BCUT2D eigenvalue weighted by Gasteiger charge is 1.93. The molecule has 0 spiro atoms. The van der Waals surface area contributed by atoms with Crippen LogP contribution in [0.1, 0.15) is 12.5 Å². The lowest BCUT2D eigenvalue weighted by molar-refractivity contribution is -0.104. The van der Waals surface area contributed by atoms with Crippen molar-refractivity contribution in [2.75, 3.05) is 5.75 Å². The third kappa shape index (κ3) is 3.47. The van der Waals surface area contributed by atoms with E-state index in [0.717, 1.165) is 22.5 Å². The molecular weight excluding hydrogens is 180 g/mol. The quantitative estimate of drug-likeness (QED) is 0.539. The maximum atomic E-state index is 10.6. The molecule has 1 aromatic carbocycles. The van der Waals surface area contributed by atoms with Crippen LogP contribution in [0.15, 0.2) is 35.2 Å². The van der Waals surface area contributed by atoms with E-state index in [-0.39, 0.29) is 0 Å². The Hall–Kier alpha value is -1.02. The summed E-state index contributed by atoms with van der Waals surface area (Å²) in [7, 11) is 0. The molecule has 68 valence electrons. The van der Waals surface area contributed by atoms with Gasteiger partial charge in [-0.1, -0.05) is 37.3 Å². The maximum Gasteiger partial charge on any atom is 0.156 e. The topological polar surface area (TPSA) is 17.1 Å². The van der Waals surface area contributed by atoms with Crippen molar-refractivity contribution in [3.8, 4) is 0 Å². The van der Waals surface area contributed by atoms with Gasteiger partial charge in [0.05, 0.1) is 0 Å². The predicted octanol–water partition coefficient (Wildman–Crippen LogP) is 2.98. The first-order valence-corrected chi connectivity index (χ1v) is 5.20. The molecule has 0 saturated carbocycles. The van der Waals surface area contributed by atoms with Gasteiger partial charge in [-0.3, -0.25) is 4.79 Å². The van der Waals surface area contributed by atoms with Crippen molar-refractivity contribution in [1.82, 2.24) is 0 Å². The summed E-state index contributed by atoms with van der Waals surface area (Å²) in [5.74, 6) is 0.928. The lowest BCUT2D eigenvalue weighted by Gasteiger charge is -1.96. The molecule has 0 heterocycles. The first-order chi connectivity index (χ1) is 6.36. The molecule has 0 saturated heterocycles. The van der Waals surface area contributed by atoms with Crippen LogP contribution in [0.25, 0.3) is 6.08 Å². The van der Waals surface area contributed by atoms with Crippen LogP contribution < -0.4 is 0 Å². The molecule has 0 N–H and O–H groups in total. The molecule has 0 bridgehead atoms. The number of allylic oxidation sites excluding steroid dienone is 1. The number of carbonyl (C=O) groups is 1. The number of benzene rings is 1. The van der Waals surface area contributed by atoms with Gasteiger partial charge in [0.1, 0.15) is 0 Å². The number of hydrogen-bond acceptors (Lipinski definition) is 2. The van der Waals surface area contributed by atoms with Crippen molar-refractivity contribution in [2.45, 2.75) is 6.92 Å². The molecule has 0 atom stereocenters. The standard InChI is InChI=1S/C11H12OS/c1-2-13-11(9-12)8-10-6-4-3-5-7-10/h3-9H,2H2,1H3/b11-8-. The van der Waals surface area contributed by atoms with Crippen molar-refractivity contribution < 1.29 is 4.79 Å². The van der Waals surface area contributed by atoms with Gasteiger partial charge in [-0.2, -0.15) is 0 Å².